The summed E-state index contributed by atoms with van der Waals surface area (Å²) in [4.78, 5) is 32.7. The number of hydrogen-bond donors (Lipinski definition) is 0. The van der Waals surface area contributed by atoms with Gasteiger partial charge in [-0.05, 0) is 61.4 Å². The second-order valence-corrected chi connectivity index (χ2v) is 11.9. The van der Waals surface area contributed by atoms with Crippen LogP contribution in [0.2, 0.25) is 5.02 Å². The van der Waals surface area contributed by atoms with Gasteiger partial charge in [0.15, 0.2) is 0 Å². The number of aryl methyl sites for hydroxylation is 2. The van der Waals surface area contributed by atoms with Crippen LogP contribution in [-0.4, -0.2) is 68.3 Å². The van der Waals surface area contributed by atoms with Crippen molar-refractivity contribution in [2.75, 3.05) is 42.5 Å². The highest BCUT2D eigenvalue weighted by atomic mass is 35.5. The molecule has 2 aliphatic heterocycles. The van der Waals surface area contributed by atoms with Crippen molar-refractivity contribution in [3.63, 3.8) is 0 Å². The lowest BCUT2D eigenvalue weighted by molar-refractivity contribution is -0.132. The summed E-state index contributed by atoms with van der Waals surface area (Å²) < 4.78 is 27.6. The van der Waals surface area contributed by atoms with E-state index < -0.39 is 22.1 Å². The molecule has 2 fully saturated rings. The van der Waals surface area contributed by atoms with Crippen molar-refractivity contribution in [2.45, 2.75) is 24.8 Å². The topological polar surface area (TPSA) is 81.2 Å². The van der Waals surface area contributed by atoms with E-state index >= 15 is 0 Å². The molecule has 38 heavy (non-hydrogen) atoms. The third-order valence-electron chi connectivity index (χ3n) is 7.07. The Balaban J connectivity index is 1.41. The summed E-state index contributed by atoms with van der Waals surface area (Å²) >= 11 is 6.20. The van der Waals surface area contributed by atoms with Crippen LogP contribution >= 0.6 is 11.6 Å². The molecule has 0 saturated carbocycles. The summed E-state index contributed by atoms with van der Waals surface area (Å²) in [7, 11) is -4.16. The number of benzene rings is 3. The summed E-state index contributed by atoms with van der Waals surface area (Å²) in [5.74, 6) is -0.287. The van der Waals surface area contributed by atoms with Crippen LogP contribution in [0.15, 0.2) is 77.7 Å². The van der Waals surface area contributed by atoms with Gasteiger partial charge < -0.3 is 9.80 Å². The maximum atomic E-state index is 13.8. The van der Waals surface area contributed by atoms with Crippen LogP contribution in [0.3, 0.4) is 0 Å². The number of hydrogen-bond acceptors (Lipinski definition) is 5. The molecule has 0 spiro atoms. The Morgan fingerprint density at radius 1 is 0.895 bits per heavy atom. The van der Waals surface area contributed by atoms with Crippen LogP contribution in [0.4, 0.5) is 16.2 Å². The van der Waals surface area contributed by atoms with Crippen LogP contribution in [0.5, 0.6) is 0 Å². The number of halogens is 1. The van der Waals surface area contributed by atoms with Crippen LogP contribution in [0.1, 0.15) is 11.1 Å². The first-order valence-electron chi connectivity index (χ1n) is 12.4. The molecular formula is C28H29ClN4O4S. The average Bonchev–Trinajstić information content (AvgIpc) is 3.28. The van der Waals surface area contributed by atoms with Crippen molar-refractivity contribution < 1.29 is 18.0 Å². The van der Waals surface area contributed by atoms with Crippen molar-refractivity contribution in [3.05, 3.63) is 88.9 Å². The van der Waals surface area contributed by atoms with Crippen molar-refractivity contribution in [2.24, 2.45) is 0 Å². The highest BCUT2D eigenvalue weighted by molar-refractivity contribution is 7.89. The lowest BCUT2D eigenvalue weighted by Gasteiger charge is -2.38. The van der Waals surface area contributed by atoms with Crippen molar-refractivity contribution in [1.82, 2.24) is 9.21 Å². The number of nitrogens with zero attached hydrogens (tertiary/aromatic N) is 4. The largest absolute Gasteiger partial charge is 0.368 e. The first-order chi connectivity index (χ1) is 18.2. The van der Waals surface area contributed by atoms with Gasteiger partial charge in [0, 0.05) is 42.6 Å². The first-order valence-corrected chi connectivity index (χ1v) is 14.3. The second-order valence-electron chi connectivity index (χ2n) is 9.60. The fourth-order valence-electron chi connectivity index (χ4n) is 5.03. The fourth-order valence-corrected chi connectivity index (χ4v) is 6.61. The zero-order valence-corrected chi connectivity index (χ0v) is 22.8. The van der Waals surface area contributed by atoms with Crippen LogP contribution in [0.25, 0.3) is 0 Å². The molecule has 0 aliphatic carbocycles. The minimum absolute atomic E-state index is 0.00497. The lowest BCUT2D eigenvalue weighted by Crippen LogP contribution is -2.55. The van der Waals surface area contributed by atoms with Gasteiger partial charge in [0.2, 0.25) is 5.91 Å². The van der Waals surface area contributed by atoms with Crippen molar-refractivity contribution >= 4 is 44.9 Å². The van der Waals surface area contributed by atoms with Crippen LogP contribution < -0.4 is 9.80 Å². The predicted molar refractivity (Wildman–Crippen MR) is 148 cm³/mol. The standard InChI is InChI=1S/C28H29ClN4O4S/c1-20-11-12-21(2)25(17-20)30-13-15-31(16-14-30)27(34)26-19-32(38(36,37)24-9-4-3-5-10-24)28(35)33(26)23-8-6-7-22(29)18-23/h3-12,17-18,26H,13-16,19H2,1-2H3. The van der Waals surface area contributed by atoms with E-state index in [0.717, 1.165) is 9.99 Å². The minimum atomic E-state index is -4.16. The zero-order chi connectivity index (χ0) is 27.0. The Kier molecular flexibility index (Phi) is 7.07. The van der Waals surface area contributed by atoms with Gasteiger partial charge in [-0.25, -0.2) is 17.5 Å². The molecule has 2 aliphatic rings. The number of piperazine rings is 1. The smallest absolute Gasteiger partial charge is 0.339 e. The Bertz CT molecular complexity index is 1470. The van der Waals surface area contributed by atoms with Gasteiger partial charge in [0.1, 0.15) is 6.04 Å². The molecule has 3 amide bonds. The van der Waals surface area contributed by atoms with Crippen molar-refractivity contribution in [1.29, 1.82) is 0 Å². The predicted octanol–water partition coefficient (Wildman–Crippen LogP) is 4.31. The van der Waals surface area contributed by atoms with Gasteiger partial charge in [-0.3, -0.25) is 9.69 Å². The van der Waals surface area contributed by atoms with Crippen LogP contribution in [0, 0.1) is 13.8 Å². The molecule has 2 heterocycles. The summed E-state index contributed by atoms with van der Waals surface area (Å²) in [6.07, 6.45) is 0. The number of carbonyl (C=O) groups excluding carboxylic acids is 2. The molecule has 0 radical (unpaired) electrons. The van der Waals surface area contributed by atoms with Gasteiger partial charge >= 0.3 is 6.03 Å². The minimum Gasteiger partial charge on any atom is -0.368 e. The van der Waals surface area contributed by atoms with E-state index in [4.69, 9.17) is 11.6 Å². The number of rotatable bonds is 5. The number of carbonyl (C=O) groups is 2. The molecule has 198 valence electrons. The summed E-state index contributed by atoms with van der Waals surface area (Å²) in [6.45, 7) is 6.05. The fraction of sp³-hybridized carbons (Fsp3) is 0.286. The van der Waals surface area contributed by atoms with E-state index in [1.165, 1.54) is 28.2 Å². The van der Waals surface area contributed by atoms with E-state index in [1.54, 1.807) is 47.4 Å². The third kappa shape index (κ3) is 4.83. The highest BCUT2D eigenvalue weighted by Gasteiger charge is 2.49. The van der Waals surface area contributed by atoms with E-state index in [9.17, 15) is 18.0 Å². The third-order valence-corrected chi connectivity index (χ3v) is 9.06. The molecule has 0 aromatic heterocycles. The zero-order valence-electron chi connectivity index (χ0n) is 21.2. The van der Waals surface area contributed by atoms with Crippen LogP contribution in [-0.2, 0) is 14.8 Å². The van der Waals surface area contributed by atoms with Gasteiger partial charge in [0.05, 0.1) is 11.4 Å². The molecule has 10 heteroatoms. The van der Waals surface area contributed by atoms with Gasteiger partial charge in [-0.15, -0.1) is 0 Å². The average molecular weight is 553 g/mol. The quantitative estimate of drug-likeness (QED) is 0.471. The Morgan fingerprint density at radius 3 is 2.29 bits per heavy atom. The van der Waals surface area contributed by atoms with Crippen molar-refractivity contribution in [3.8, 4) is 0 Å². The molecule has 1 unspecified atom stereocenters. The van der Waals surface area contributed by atoms with E-state index in [2.05, 4.69) is 36.9 Å². The molecule has 8 nitrogen and oxygen atoms in total. The molecule has 3 aromatic carbocycles. The summed E-state index contributed by atoms with van der Waals surface area (Å²) in [5, 5.41) is 0.382. The van der Waals surface area contributed by atoms with E-state index in [0.29, 0.717) is 36.9 Å². The van der Waals surface area contributed by atoms with Gasteiger partial charge in [0.25, 0.3) is 10.0 Å². The highest BCUT2D eigenvalue weighted by Crippen LogP contribution is 2.32. The molecule has 5 rings (SSSR count). The Hall–Kier alpha value is -3.56. The molecule has 0 N–H and O–H groups in total. The Morgan fingerprint density at radius 2 is 1.61 bits per heavy atom. The van der Waals surface area contributed by atoms with Gasteiger partial charge in [-0.2, -0.15) is 0 Å². The second kappa shape index (κ2) is 10.3. The number of urea groups is 1. The molecule has 3 aromatic rings. The monoisotopic (exact) mass is 552 g/mol. The number of sulfonamides is 1. The van der Waals surface area contributed by atoms with E-state index in [1.807, 2.05) is 0 Å². The molecular weight excluding hydrogens is 524 g/mol. The summed E-state index contributed by atoms with van der Waals surface area (Å²) in [5.41, 5.74) is 3.87. The summed E-state index contributed by atoms with van der Waals surface area (Å²) in [6, 6.07) is 18.9. The molecule has 2 saturated heterocycles. The maximum absolute atomic E-state index is 13.8. The number of amides is 3. The Labute approximate surface area is 228 Å². The van der Waals surface area contributed by atoms with Gasteiger partial charge in [-0.1, -0.05) is 48.0 Å². The maximum Gasteiger partial charge on any atom is 0.339 e. The first kappa shape index (κ1) is 26.1. The molecule has 1 atom stereocenters. The SMILES string of the molecule is Cc1ccc(C)c(N2CCN(C(=O)C3CN(S(=O)(=O)c4ccccc4)C(=O)N3c3cccc(Cl)c3)CC2)c1. The lowest BCUT2D eigenvalue weighted by atomic mass is 10.1. The normalized spacial score (nSPS) is 18.3. The molecule has 0 bridgehead atoms. The van der Waals surface area contributed by atoms with E-state index in [-0.39, 0.29) is 17.3 Å². The number of anilines is 2.